The molecule has 2 amide bonds. The van der Waals surface area contributed by atoms with Gasteiger partial charge in [-0.2, -0.15) is 36.9 Å². The van der Waals surface area contributed by atoms with Crippen molar-refractivity contribution < 1.29 is 60.0 Å². The van der Waals surface area contributed by atoms with E-state index in [4.69, 9.17) is 43.4 Å². The molecule has 0 radical (unpaired) electrons. The van der Waals surface area contributed by atoms with E-state index in [0.717, 1.165) is 53.3 Å². The van der Waals surface area contributed by atoms with E-state index in [2.05, 4.69) is 0 Å². The van der Waals surface area contributed by atoms with Crippen LogP contribution in [-0.2, 0) is 40.9 Å². The summed E-state index contributed by atoms with van der Waals surface area (Å²) in [6, 6.07) is 5.44. The average Bonchev–Trinajstić information content (AvgIpc) is 3.59. The molecule has 3 heterocycles. The number of aliphatic hydroxyl groups excluding tert-OH is 1. The van der Waals surface area contributed by atoms with Crippen LogP contribution in [0.2, 0.25) is 0 Å². The maximum absolute atomic E-state index is 15.8. The number of amides is 2. The second-order valence-corrected chi connectivity index (χ2v) is 19.4. The van der Waals surface area contributed by atoms with Crippen molar-refractivity contribution in [2.75, 3.05) is 42.8 Å². The van der Waals surface area contributed by atoms with E-state index in [1.54, 1.807) is 9.80 Å². The molecule has 0 spiro atoms. The number of anilines is 2. The molecule has 21 heteroatoms. The molecule has 3 saturated heterocycles. The number of hydrogen-bond donors (Lipinski definition) is 1. The van der Waals surface area contributed by atoms with E-state index in [1.165, 1.54) is 39.8 Å². The maximum Gasteiger partial charge on any atom is 0.418 e. The number of alkyl halides is 6. The van der Waals surface area contributed by atoms with Crippen molar-refractivity contribution in [3.8, 4) is 23.3 Å². The number of benzene rings is 2. The third-order valence-electron chi connectivity index (χ3n) is 13.7. The lowest BCUT2D eigenvalue weighted by molar-refractivity contribution is -0.172. The van der Waals surface area contributed by atoms with Gasteiger partial charge in [0.1, 0.15) is 11.1 Å². The molecule has 2 aromatic carbocycles. The fourth-order valence-electron chi connectivity index (χ4n) is 10.5. The van der Waals surface area contributed by atoms with Crippen LogP contribution < -0.4 is 9.80 Å². The second kappa shape index (κ2) is 20.1. The predicted molar refractivity (Wildman–Crippen MR) is 244 cm³/mol. The quantitative estimate of drug-likeness (QED) is 0.116. The van der Waals surface area contributed by atoms with E-state index in [0.29, 0.717) is 71.2 Å². The van der Waals surface area contributed by atoms with Gasteiger partial charge in [0.2, 0.25) is 0 Å². The number of carbonyl (C=O) groups is 2. The van der Waals surface area contributed by atoms with Crippen molar-refractivity contribution in [3.05, 3.63) is 46.5 Å². The molecule has 1 unspecified atom stereocenters. The summed E-state index contributed by atoms with van der Waals surface area (Å²) in [6.45, 7) is 7.27. The number of nitrogens with zero attached hydrogens (tertiary/aromatic N) is 6. The highest BCUT2D eigenvalue weighted by atomic mass is 32.1. The van der Waals surface area contributed by atoms with Crippen LogP contribution in [0.15, 0.2) is 24.3 Å². The lowest BCUT2D eigenvalue weighted by Crippen LogP contribution is -2.51. The first-order valence-electron chi connectivity index (χ1n) is 22.8. The van der Waals surface area contributed by atoms with Crippen molar-refractivity contribution >= 4 is 57.8 Å². The number of hydrogen-bond acceptors (Lipinski definition) is 11. The first-order chi connectivity index (χ1) is 32.1. The SMILES string of the molecule is CC1(C)C(=O)N(c2ccc(C#N)c(C(F)(F)F)c2-c2c(N3C(=O)C(C)(C)N(C4CCC(OCCOC5CCCCO5)CC4)C3=S)ccc(C#N)c2C(F)(F)F)C(=S)N1C1CCC(OCCO)CC1. The molecular formula is C47H54F6N6O7S2. The molecule has 5 aliphatic rings. The summed E-state index contributed by atoms with van der Waals surface area (Å²) in [6.07, 6.45) is -5.17. The number of halogens is 6. The van der Waals surface area contributed by atoms with Crippen LogP contribution in [0.4, 0.5) is 37.7 Å². The van der Waals surface area contributed by atoms with Gasteiger partial charge in [-0.3, -0.25) is 19.4 Å². The van der Waals surface area contributed by atoms with Gasteiger partial charge in [0.05, 0.1) is 84.4 Å². The highest BCUT2D eigenvalue weighted by Crippen LogP contribution is 2.55. The van der Waals surface area contributed by atoms with Gasteiger partial charge in [-0.25, -0.2) is 0 Å². The average molecular weight is 993 g/mol. The van der Waals surface area contributed by atoms with E-state index >= 15 is 26.3 Å². The summed E-state index contributed by atoms with van der Waals surface area (Å²) in [7, 11) is 0. The summed E-state index contributed by atoms with van der Waals surface area (Å²) < 4.78 is 118. The Morgan fingerprint density at radius 3 is 1.44 bits per heavy atom. The molecule has 2 saturated carbocycles. The highest BCUT2D eigenvalue weighted by molar-refractivity contribution is 7.80. The Hall–Kier alpha value is -4.48. The molecule has 2 aromatic rings. The van der Waals surface area contributed by atoms with Crippen LogP contribution in [-0.4, -0.2) is 112 Å². The Bertz CT molecular complexity index is 2360. The standard InChI is InChI=1S/C47H54F6N6O7S2/c1-44(2)40(61)56(42(67)58(44)29-10-14-31(15-11-29)63-22-20-60)33-18-8-27(25-54)38(46(48,49)50)36(33)37-34(19-9-28(26-55)39(37)47(51,52)53)57-41(62)45(3,4)59(43(57)68)30-12-16-32(17-13-30)64-23-24-66-35-7-5-6-21-65-35/h8-9,18-19,29-32,35,60H,5-7,10-17,20-24H2,1-4H3. The zero-order valence-corrected chi connectivity index (χ0v) is 39.8. The largest absolute Gasteiger partial charge is 0.418 e. The Labute approximate surface area is 401 Å². The fraction of sp³-hybridized carbons (Fsp3) is 0.617. The molecule has 368 valence electrons. The van der Waals surface area contributed by atoms with Crippen LogP contribution in [0.1, 0.15) is 121 Å². The lowest BCUT2D eigenvalue weighted by atomic mass is 9.86. The summed E-state index contributed by atoms with van der Waals surface area (Å²) in [5.74, 6) is -1.72. The van der Waals surface area contributed by atoms with E-state index < -0.39 is 92.1 Å². The Kier molecular flexibility index (Phi) is 15.2. The van der Waals surface area contributed by atoms with Crippen molar-refractivity contribution in [1.29, 1.82) is 10.5 Å². The van der Waals surface area contributed by atoms with Gasteiger partial charge in [0.25, 0.3) is 11.8 Å². The van der Waals surface area contributed by atoms with Gasteiger partial charge in [-0.15, -0.1) is 0 Å². The molecule has 0 bridgehead atoms. The Balaban J connectivity index is 1.31. The normalized spacial score (nSPS) is 25.6. The molecule has 3 aliphatic heterocycles. The maximum atomic E-state index is 15.8. The minimum Gasteiger partial charge on any atom is -0.394 e. The van der Waals surface area contributed by atoms with Gasteiger partial charge in [-0.05, 0) is 147 Å². The van der Waals surface area contributed by atoms with Gasteiger partial charge in [0.15, 0.2) is 16.5 Å². The first-order valence-corrected chi connectivity index (χ1v) is 23.6. The van der Waals surface area contributed by atoms with Crippen molar-refractivity contribution in [2.24, 2.45) is 0 Å². The minimum atomic E-state index is -5.55. The fourth-order valence-corrected chi connectivity index (χ4v) is 11.6. The van der Waals surface area contributed by atoms with Crippen LogP contribution in [0.3, 0.4) is 0 Å². The number of rotatable bonds is 13. The summed E-state index contributed by atoms with van der Waals surface area (Å²) in [4.78, 5) is 34.2. The third-order valence-corrected chi connectivity index (χ3v) is 14.5. The number of nitriles is 2. The third kappa shape index (κ3) is 9.69. The summed E-state index contributed by atoms with van der Waals surface area (Å²) >= 11 is 11.9. The van der Waals surface area contributed by atoms with Crippen LogP contribution >= 0.6 is 24.4 Å². The molecule has 1 N–H and O–H groups in total. The number of thiocarbonyl (C=S) groups is 2. The summed E-state index contributed by atoms with van der Waals surface area (Å²) in [5.41, 5.74) is -13.0. The van der Waals surface area contributed by atoms with Crippen LogP contribution in [0.25, 0.3) is 11.1 Å². The van der Waals surface area contributed by atoms with E-state index in [-0.39, 0.29) is 41.9 Å². The van der Waals surface area contributed by atoms with Gasteiger partial charge in [0, 0.05) is 29.8 Å². The van der Waals surface area contributed by atoms with Crippen LogP contribution in [0, 0.1) is 22.7 Å². The van der Waals surface area contributed by atoms with Gasteiger partial charge >= 0.3 is 12.4 Å². The van der Waals surface area contributed by atoms with Crippen molar-refractivity contribution in [1.82, 2.24) is 9.80 Å². The molecule has 1 atom stereocenters. The van der Waals surface area contributed by atoms with E-state index in [9.17, 15) is 25.2 Å². The first kappa shape index (κ1) is 51.4. The molecule has 7 rings (SSSR count). The van der Waals surface area contributed by atoms with E-state index in [1.807, 2.05) is 0 Å². The van der Waals surface area contributed by atoms with Gasteiger partial charge in [-0.1, -0.05) is 0 Å². The Morgan fingerprint density at radius 2 is 1.07 bits per heavy atom. The molecule has 68 heavy (non-hydrogen) atoms. The molecule has 5 fully saturated rings. The molecule has 2 aliphatic carbocycles. The van der Waals surface area contributed by atoms with Crippen molar-refractivity contribution in [2.45, 2.75) is 152 Å². The Morgan fingerprint density at radius 1 is 0.662 bits per heavy atom. The highest BCUT2D eigenvalue weighted by Gasteiger charge is 2.57. The second-order valence-electron chi connectivity index (χ2n) is 18.7. The topological polar surface area (TPSA) is 152 Å². The van der Waals surface area contributed by atoms with Gasteiger partial charge < -0.3 is 33.9 Å². The predicted octanol–water partition coefficient (Wildman–Crippen LogP) is 8.75. The number of ether oxygens (including phenoxy) is 4. The monoisotopic (exact) mass is 992 g/mol. The smallest absolute Gasteiger partial charge is 0.394 e. The lowest BCUT2D eigenvalue weighted by Gasteiger charge is -2.40. The zero-order valence-electron chi connectivity index (χ0n) is 38.2. The zero-order chi connectivity index (χ0) is 49.5. The number of carbonyl (C=O) groups excluding carboxylic acids is 2. The summed E-state index contributed by atoms with van der Waals surface area (Å²) in [5, 5.41) is 29.0. The van der Waals surface area contributed by atoms with Crippen LogP contribution in [0.5, 0.6) is 0 Å². The molecule has 0 aromatic heterocycles. The molecule has 13 nitrogen and oxygen atoms in total. The number of aliphatic hydroxyl groups is 1. The van der Waals surface area contributed by atoms with Crippen molar-refractivity contribution in [3.63, 3.8) is 0 Å². The minimum absolute atomic E-state index is 0.112. The molecular weight excluding hydrogens is 939 g/mol.